The van der Waals surface area contributed by atoms with Crippen LogP contribution in [-0.4, -0.2) is 152 Å². The Bertz CT molecular complexity index is 2560. The van der Waals surface area contributed by atoms with Crippen molar-refractivity contribution in [3.05, 3.63) is 70.9 Å². The quantitative estimate of drug-likeness (QED) is 0.0878. The summed E-state index contributed by atoms with van der Waals surface area (Å²) in [6, 6.07) is 11.2. The number of para-hydroxylation sites is 1. The summed E-state index contributed by atoms with van der Waals surface area (Å²) in [6.45, 7) is 9.32. The molecule has 0 amide bonds. The van der Waals surface area contributed by atoms with Gasteiger partial charge in [-0.15, -0.1) is 0 Å². The van der Waals surface area contributed by atoms with Crippen molar-refractivity contribution in [3.8, 4) is 5.75 Å². The highest BCUT2D eigenvalue weighted by molar-refractivity contribution is 7.79. The number of aliphatic hydroxyl groups is 1. The second-order valence-corrected chi connectivity index (χ2v) is 19.6. The fourth-order valence-electron chi connectivity index (χ4n) is 13.9. The van der Waals surface area contributed by atoms with Crippen molar-refractivity contribution in [3.63, 3.8) is 0 Å². The molecule has 6 aliphatic heterocycles. The van der Waals surface area contributed by atoms with E-state index in [1.54, 1.807) is 7.11 Å². The van der Waals surface area contributed by atoms with E-state index in [0.717, 1.165) is 59.5 Å². The van der Waals surface area contributed by atoms with E-state index in [4.69, 9.17) is 41.2 Å². The maximum Gasteiger partial charge on any atom is 0.394 e. The monoisotopic (exact) mass is 906 g/mol. The molecule has 1 aliphatic carbocycles. The number of esters is 3. The summed E-state index contributed by atoms with van der Waals surface area (Å²) in [4.78, 5) is 53.5. The average molecular weight is 907 g/mol. The molecule has 1 aromatic heterocycles. The lowest BCUT2D eigenvalue weighted by atomic mass is 9.47. The van der Waals surface area contributed by atoms with E-state index < -0.39 is 62.3 Å². The minimum absolute atomic E-state index is 0.00603. The summed E-state index contributed by atoms with van der Waals surface area (Å²) in [5.74, 6) is -1.37. The number of aromatic nitrogens is 1. The van der Waals surface area contributed by atoms with Crippen molar-refractivity contribution in [1.29, 1.82) is 0 Å². The van der Waals surface area contributed by atoms with Gasteiger partial charge in [-0.3, -0.25) is 28.5 Å². The van der Waals surface area contributed by atoms with Gasteiger partial charge in [0.2, 0.25) is 5.60 Å². The zero-order valence-corrected chi connectivity index (χ0v) is 38.1. The molecule has 3 aromatic rings. The number of anilines is 1. The van der Waals surface area contributed by atoms with Gasteiger partial charge in [0.05, 0.1) is 33.5 Å². The number of rotatable bonds is 7. The van der Waals surface area contributed by atoms with Gasteiger partial charge in [0, 0.05) is 96.9 Å². The van der Waals surface area contributed by atoms with Gasteiger partial charge in [0.1, 0.15) is 16.8 Å². The minimum atomic E-state index is -4.67. The number of H-pyrrole nitrogens is 1. The fraction of sp³-hybridized carbons (Fsp3) is 0.587. The summed E-state index contributed by atoms with van der Waals surface area (Å²) >= 11 is 0. The first-order valence-electron chi connectivity index (χ1n) is 22.0. The van der Waals surface area contributed by atoms with Crippen LogP contribution in [0.15, 0.2) is 48.6 Å². The molecule has 1 spiro atoms. The third-order valence-corrected chi connectivity index (χ3v) is 16.0. The van der Waals surface area contributed by atoms with E-state index in [0.29, 0.717) is 50.1 Å². The van der Waals surface area contributed by atoms with Crippen LogP contribution in [0.4, 0.5) is 5.69 Å². The first kappa shape index (κ1) is 44.6. The first-order valence-corrected chi connectivity index (χ1v) is 23.4. The Labute approximate surface area is 372 Å². The number of aromatic amines is 1. The molecule has 10 rings (SSSR count). The summed E-state index contributed by atoms with van der Waals surface area (Å²) in [6.07, 6.45) is 5.94. The van der Waals surface area contributed by atoms with Gasteiger partial charge in [-0.1, -0.05) is 44.2 Å². The molecular formula is C46H58N4O13S. The molecule has 64 heavy (non-hydrogen) atoms. The highest BCUT2D eigenvalue weighted by atomic mass is 32.3. The van der Waals surface area contributed by atoms with Gasteiger partial charge in [0.25, 0.3) is 0 Å². The van der Waals surface area contributed by atoms with Crippen molar-refractivity contribution in [2.75, 3.05) is 66.0 Å². The molecule has 0 radical (unpaired) electrons. The van der Waals surface area contributed by atoms with E-state index in [1.807, 2.05) is 37.1 Å². The molecule has 2 aromatic carbocycles. The van der Waals surface area contributed by atoms with Crippen molar-refractivity contribution >= 4 is 44.9 Å². The van der Waals surface area contributed by atoms with E-state index >= 15 is 4.79 Å². The molecular weight excluding hydrogens is 849 g/mol. The molecule has 346 valence electrons. The predicted octanol–water partition coefficient (Wildman–Crippen LogP) is 3.35. The number of likely N-dealkylation sites (N-methyl/N-ethyl adjacent to an activating group) is 1. The van der Waals surface area contributed by atoms with Gasteiger partial charge in [-0.2, -0.15) is 8.42 Å². The molecule has 11 atom stereocenters. The van der Waals surface area contributed by atoms with E-state index in [-0.39, 0.29) is 23.7 Å². The maximum atomic E-state index is 15.4. The van der Waals surface area contributed by atoms with Crippen LogP contribution in [0.5, 0.6) is 5.75 Å². The molecule has 4 N–H and O–H groups in total. The van der Waals surface area contributed by atoms with Crippen molar-refractivity contribution < 1.29 is 60.7 Å². The molecule has 3 saturated heterocycles. The Morgan fingerprint density at radius 1 is 0.984 bits per heavy atom. The highest BCUT2D eigenvalue weighted by Crippen LogP contribution is 2.68. The Morgan fingerprint density at radius 3 is 2.36 bits per heavy atom. The predicted molar refractivity (Wildman–Crippen MR) is 233 cm³/mol. The van der Waals surface area contributed by atoms with Crippen LogP contribution in [0.25, 0.3) is 10.9 Å². The van der Waals surface area contributed by atoms with Crippen LogP contribution in [0.3, 0.4) is 0 Å². The summed E-state index contributed by atoms with van der Waals surface area (Å²) in [5.41, 5.74) is -0.627. The lowest BCUT2D eigenvalue weighted by Gasteiger charge is -2.63. The van der Waals surface area contributed by atoms with Gasteiger partial charge < -0.3 is 38.7 Å². The molecule has 7 heterocycles. The number of piperidine rings is 1. The number of methoxy groups -OCH3 is 3. The van der Waals surface area contributed by atoms with E-state index in [1.165, 1.54) is 21.1 Å². The third kappa shape index (κ3) is 6.08. The topological polar surface area (TPSA) is 221 Å². The Balaban J connectivity index is 0.000000984. The molecule has 17 nitrogen and oxygen atoms in total. The lowest BCUT2D eigenvalue weighted by Crippen LogP contribution is -2.81. The van der Waals surface area contributed by atoms with Crippen LogP contribution >= 0.6 is 0 Å². The number of carbonyl (C=O) groups excluding carboxylic acids is 3. The standard InChI is InChI=1S/C46H56N4O9.H2O4S/c1-8-42-16-12-18-50-20-17-44(37(42)50)30-21-31(34(55-5)22-33(30)48(4)38(44)46(54,41(53)57-7)39(42)58-26(3)51)45(40(52)56-6)23-27-24-49(25-43(9-2)36(27)59-43)19-15-29-28-13-10-11-14-32(28)47-35(29)45;1-5(2,3)4/h10-14,16,21-22,27,36-39,47,54H,8-9,15,17-20,23-25H2,1-7H3;(H2,1,2,3,4)/t27-,36+,37-,38-,39-,42-,43+,44-,45+,46+;/m1./s1. The Kier molecular flexibility index (Phi) is 10.6. The smallest absolute Gasteiger partial charge is 0.394 e. The van der Waals surface area contributed by atoms with Gasteiger partial charge >= 0.3 is 28.3 Å². The lowest BCUT2D eigenvalue weighted by molar-refractivity contribution is -0.228. The normalized spacial score (nSPS) is 36.6. The average Bonchev–Trinajstić information content (AvgIpc) is 3.55. The number of fused-ring (bicyclic) bond motifs is 8. The largest absolute Gasteiger partial charge is 0.496 e. The van der Waals surface area contributed by atoms with Crippen LogP contribution in [0.1, 0.15) is 68.8 Å². The number of nitrogens with one attached hydrogen (secondary N) is 1. The Hall–Kier alpha value is -4.56. The Morgan fingerprint density at radius 2 is 1.70 bits per heavy atom. The number of benzene rings is 2. The summed E-state index contributed by atoms with van der Waals surface area (Å²) in [5, 5.41) is 14.4. The number of carbonyl (C=O) groups is 3. The van der Waals surface area contributed by atoms with Crippen molar-refractivity contribution in [2.24, 2.45) is 11.3 Å². The first-order chi connectivity index (χ1) is 30.3. The number of epoxide rings is 1. The maximum absolute atomic E-state index is 15.4. The number of ether oxygens (including phenoxy) is 5. The molecule has 4 fully saturated rings. The van der Waals surface area contributed by atoms with Gasteiger partial charge in [0.15, 0.2) is 6.10 Å². The zero-order valence-electron chi connectivity index (χ0n) is 37.3. The molecule has 18 heteroatoms. The van der Waals surface area contributed by atoms with E-state index in [9.17, 15) is 14.7 Å². The second kappa shape index (κ2) is 15.3. The van der Waals surface area contributed by atoms with E-state index in [2.05, 4.69) is 52.1 Å². The van der Waals surface area contributed by atoms with Gasteiger partial charge in [-0.25, -0.2) is 4.79 Å². The SMILES string of the molecule is CC[C@]12CN3CCc4c([nH]c5ccccc45)[C@@](C(=O)OC)(c4cc5c(cc4OC)N(C)[C@H]4[C@@](O)(C(=O)OC)[C@H](OC(C)=O)[C@]6(CC)C=CCN7CC[C@]54[C@H]76)C[C@H](C3)[C@@H]1O2.O=S(=O)(O)O. The number of nitrogens with zero attached hydrogens (tertiary/aromatic N) is 3. The molecule has 1 unspecified atom stereocenters. The number of hydrogen-bond donors (Lipinski definition) is 4. The van der Waals surface area contributed by atoms with Crippen molar-refractivity contribution in [2.45, 2.75) is 99.2 Å². The van der Waals surface area contributed by atoms with Crippen molar-refractivity contribution in [1.82, 2.24) is 14.8 Å². The van der Waals surface area contributed by atoms with Crippen LogP contribution in [0, 0.1) is 11.3 Å². The third-order valence-electron chi connectivity index (χ3n) is 16.0. The molecule has 1 saturated carbocycles. The molecule has 2 bridgehead atoms. The fourth-order valence-corrected chi connectivity index (χ4v) is 13.9. The zero-order chi connectivity index (χ0) is 45.9. The summed E-state index contributed by atoms with van der Waals surface area (Å²) in [7, 11) is 1.57. The van der Waals surface area contributed by atoms with Gasteiger partial charge in [-0.05, 0) is 61.9 Å². The molecule has 7 aliphatic rings. The summed E-state index contributed by atoms with van der Waals surface area (Å²) < 4.78 is 62.3. The van der Waals surface area contributed by atoms with Crippen LogP contribution in [-0.2, 0) is 61.0 Å². The second-order valence-electron chi connectivity index (χ2n) is 18.7. The number of hydrogen-bond acceptors (Lipinski definition) is 14. The van der Waals surface area contributed by atoms with Crippen LogP contribution in [0.2, 0.25) is 0 Å². The van der Waals surface area contributed by atoms with Crippen LogP contribution < -0.4 is 9.64 Å². The highest BCUT2D eigenvalue weighted by Gasteiger charge is 2.80. The minimum Gasteiger partial charge on any atom is -0.496 e.